The van der Waals surface area contributed by atoms with Gasteiger partial charge in [-0.25, -0.2) is 0 Å². The zero-order chi connectivity index (χ0) is 90.8. The molecule has 0 saturated heterocycles. The van der Waals surface area contributed by atoms with Crippen LogP contribution >= 0.6 is 0 Å². The van der Waals surface area contributed by atoms with Crippen LogP contribution in [0.5, 0.6) is 0 Å². The number of aryl methyl sites for hydroxylation is 2. The summed E-state index contributed by atoms with van der Waals surface area (Å²) in [4.78, 5) is 0. The molecule has 10 aliphatic carbocycles. The highest BCUT2D eigenvalue weighted by molar-refractivity contribution is 6.14. The molecule has 0 amide bonds. The fourth-order valence-electron chi connectivity index (χ4n) is 21.0. The fraction of sp³-hybridized carbons (Fsp3) is 0.268. The lowest BCUT2D eigenvalue weighted by molar-refractivity contribution is 0.0320. The molecule has 128 heavy (non-hydrogen) atoms. The molecule has 11 aromatic rings. The largest absolute Gasteiger partial charge is 0.369 e. The normalized spacial score (nSPS) is 22.6. The number of hydrogen-bond acceptors (Lipinski definition) is 5. The molecule has 0 saturated carbocycles. The van der Waals surface area contributed by atoms with Crippen LogP contribution in [0, 0.1) is 26.2 Å². The van der Waals surface area contributed by atoms with Gasteiger partial charge >= 0.3 is 0 Å². The molecule has 0 aromatic heterocycles. The van der Waals surface area contributed by atoms with Gasteiger partial charge in [0, 0.05) is 59.3 Å². The van der Waals surface area contributed by atoms with Gasteiger partial charge in [0.25, 0.3) is 0 Å². The summed E-state index contributed by atoms with van der Waals surface area (Å²) in [6.45, 7) is 35.3. The summed E-state index contributed by atoms with van der Waals surface area (Å²) in [6, 6.07) is 94.3. The summed E-state index contributed by atoms with van der Waals surface area (Å²) in [5, 5.41) is 0. The highest BCUT2D eigenvalue weighted by Gasteiger charge is 2.46. The van der Waals surface area contributed by atoms with Gasteiger partial charge in [0.15, 0.2) is 0 Å². The molecule has 10 unspecified atom stereocenters. The predicted molar refractivity (Wildman–Crippen MR) is 545 cm³/mol. The smallest absolute Gasteiger partial charge is 0.123 e. The Balaban J connectivity index is 0.000000216. The third kappa shape index (κ3) is 16.6. The lowest BCUT2D eigenvalue weighted by Crippen LogP contribution is -2.27. The maximum Gasteiger partial charge on any atom is 0.123 e. The third-order valence-electron chi connectivity index (χ3n) is 26.3. The average Bonchev–Trinajstić information content (AvgIpc) is 1.58. The van der Waals surface area contributed by atoms with Gasteiger partial charge in [0.2, 0.25) is 0 Å². The van der Waals surface area contributed by atoms with Gasteiger partial charge in [-0.1, -0.05) is 399 Å². The number of fused-ring (bicyclic) bond motifs is 10. The SMILES string of the molecule is C#CCC1(OC)C=C(C2=CC(OC3C=C(C4=CC(C)c5ccccc54)c4ccccc43)c3ccccc32)c2ccccc21.CC.CC.CC.CC.CC.CC.COC1(C/C=C/C2(C)C=C(C3=CC(OC4C=C(C5=CC(Cc6cc(C)cc(C)c6)(OC)c6ccccc65)c5ccccc54)c4ccccc43)c3ccccc32)C=C(C2=CC(C)c3ccccc32)c2ccccc21.[2HH]. The van der Waals surface area contributed by atoms with Gasteiger partial charge in [-0.05, 0) is 236 Å². The molecule has 0 radical (unpaired) electrons. The Morgan fingerprint density at radius 3 is 0.945 bits per heavy atom. The molecule has 5 heteroatoms. The summed E-state index contributed by atoms with van der Waals surface area (Å²) in [7, 11) is 5.47. The summed E-state index contributed by atoms with van der Waals surface area (Å²) >= 11 is 0. The third-order valence-corrected chi connectivity index (χ3v) is 26.3. The van der Waals surface area contributed by atoms with Gasteiger partial charge in [-0.2, -0.15) is 0 Å². The molecule has 0 bridgehead atoms. The molecule has 11 aromatic carbocycles. The quantitative estimate of drug-likeness (QED) is 0.0633. The van der Waals surface area contributed by atoms with Crippen molar-refractivity contribution in [2.45, 2.75) is 195 Å². The first-order valence-electron chi connectivity index (χ1n) is 47.1. The van der Waals surface area contributed by atoms with Crippen LogP contribution in [0.4, 0.5) is 0 Å². The van der Waals surface area contributed by atoms with E-state index in [1.165, 1.54) is 167 Å². The standard InChI is InChI=1S/C70H60O3.C41H32O2.6C2H6.H2/c1-44-34-45(2)36-47(35-44)40-70(72-6)43-62(54-26-15-18-31-65(54)70)59-39-67(56-28-12-10-23-51(56)59)73-66-38-58(50-22-9-11-27-55(50)66)60-41-68(4,63-29-16-13-24-52(60)63)32-19-33-69(71-5)42-61(53-25-14-17-30-64(53)69)57-37-46(3)48-20-7-8-21-49(48)57;1-4-21-41(42-3)25-37(31-17-11-12-20-38(31)41)36-24-40(33-19-10-8-16-30(33)36)43-39-23-35(29-15-7-9-18-32(29)39)34-22-26(2)27-13-5-6-14-28(27)34;6*1-2;/h7-32,34-39,41-43,46,66-67H,33,40H2,1-6H3;1,5-20,22-26,39-40H,21H2,2-3H3;6*1-2H3;1H/b32-19+;;;;;;;;/i;;;;;;;;1+1. The number of benzene rings is 11. The molecule has 21 rings (SSSR count). The topological polar surface area (TPSA) is 46.2 Å². The highest BCUT2D eigenvalue weighted by atomic mass is 16.5. The Morgan fingerprint density at radius 2 is 0.578 bits per heavy atom. The van der Waals surface area contributed by atoms with Crippen molar-refractivity contribution in [1.82, 2.24) is 0 Å². The van der Waals surface area contributed by atoms with E-state index in [2.05, 4.69) is 374 Å². The number of hydrogen-bond donors (Lipinski definition) is 0. The average molecular weight is 1690 g/mol. The second-order valence-corrected chi connectivity index (χ2v) is 33.2. The second-order valence-electron chi connectivity index (χ2n) is 33.2. The Morgan fingerprint density at radius 1 is 0.312 bits per heavy atom. The second kappa shape index (κ2) is 40.1. The number of rotatable bonds is 18. The Hall–Kier alpha value is -12.1. The van der Waals surface area contributed by atoms with Crippen molar-refractivity contribution < 1.29 is 25.1 Å². The van der Waals surface area contributed by atoms with Crippen LogP contribution in [-0.2, 0) is 52.3 Å². The van der Waals surface area contributed by atoms with Crippen LogP contribution in [-0.4, -0.2) is 21.3 Å². The van der Waals surface area contributed by atoms with Crippen molar-refractivity contribution in [3.63, 3.8) is 0 Å². The van der Waals surface area contributed by atoms with E-state index in [0.717, 1.165) is 23.1 Å². The number of terminal acetylenes is 1. The van der Waals surface area contributed by atoms with Crippen LogP contribution in [0.2, 0.25) is 0 Å². The number of methoxy groups -OCH3 is 3. The van der Waals surface area contributed by atoms with Crippen molar-refractivity contribution in [2.24, 2.45) is 0 Å². The van der Waals surface area contributed by atoms with Crippen molar-refractivity contribution in [3.8, 4) is 12.3 Å². The first-order valence-corrected chi connectivity index (χ1v) is 47.1. The van der Waals surface area contributed by atoms with Crippen molar-refractivity contribution >= 4 is 55.7 Å². The molecule has 10 aliphatic rings. The number of ether oxygens (including phenoxy) is 5. The minimum absolute atomic E-state index is 0. The van der Waals surface area contributed by atoms with E-state index in [-0.39, 0.29) is 31.3 Å². The van der Waals surface area contributed by atoms with Gasteiger partial charge < -0.3 is 23.7 Å². The monoisotopic (exact) mass is 1690 g/mol. The van der Waals surface area contributed by atoms with Crippen LogP contribution < -0.4 is 0 Å². The predicted octanol–water partition coefficient (Wildman–Crippen LogP) is 32.4. The van der Waals surface area contributed by atoms with Crippen LogP contribution in [0.25, 0.3) is 55.7 Å². The highest BCUT2D eigenvalue weighted by Crippen LogP contribution is 2.60. The molecule has 0 aliphatic heterocycles. The zero-order valence-corrected chi connectivity index (χ0v) is 79.0. The zero-order valence-electron chi connectivity index (χ0n) is 79.0. The fourth-order valence-corrected chi connectivity index (χ4v) is 21.0. The minimum atomic E-state index is -0.639. The first kappa shape index (κ1) is 92.1. The van der Waals surface area contributed by atoms with Gasteiger partial charge in [0.05, 0.1) is 0 Å². The minimum Gasteiger partial charge on any atom is -0.369 e. The summed E-state index contributed by atoms with van der Waals surface area (Å²) in [5.41, 5.74) is 38.7. The lowest BCUT2D eigenvalue weighted by Gasteiger charge is -2.28. The van der Waals surface area contributed by atoms with Crippen LogP contribution in [0.3, 0.4) is 0 Å². The Bertz CT molecular complexity index is 6340. The van der Waals surface area contributed by atoms with E-state index >= 15 is 0 Å². The first-order chi connectivity index (χ1) is 62.7. The summed E-state index contributed by atoms with van der Waals surface area (Å²) in [6.07, 6.45) is 35.3. The summed E-state index contributed by atoms with van der Waals surface area (Å²) < 4.78 is 33.8. The molecular weight excluding hydrogens is 1560 g/mol. The van der Waals surface area contributed by atoms with Crippen molar-refractivity contribution in [1.29, 1.82) is 0 Å². The van der Waals surface area contributed by atoms with Crippen LogP contribution in [0.1, 0.15) is 282 Å². The molecule has 0 heterocycles. The van der Waals surface area contributed by atoms with Gasteiger partial charge in [-0.15, -0.1) is 12.3 Å². The van der Waals surface area contributed by atoms with Gasteiger partial charge in [0.1, 0.15) is 41.2 Å². The maximum absolute atomic E-state index is 7.40. The van der Waals surface area contributed by atoms with Crippen molar-refractivity contribution in [3.05, 3.63) is 462 Å². The van der Waals surface area contributed by atoms with Crippen molar-refractivity contribution in [2.75, 3.05) is 21.3 Å². The van der Waals surface area contributed by atoms with E-state index in [4.69, 9.17) is 30.1 Å². The Kier molecular flexibility index (Phi) is 28.8. The molecule has 10 atom stereocenters. The molecule has 0 spiro atoms. The Labute approximate surface area is 766 Å². The van der Waals surface area contributed by atoms with E-state index in [0.29, 0.717) is 24.7 Å². The van der Waals surface area contributed by atoms with E-state index in [1.807, 2.05) is 97.3 Å². The van der Waals surface area contributed by atoms with E-state index in [9.17, 15) is 0 Å². The molecular formula is C123H130O5. The number of allylic oxidation sites excluding steroid dienone is 14. The van der Waals surface area contributed by atoms with E-state index in [1.54, 1.807) is 7.11 Å². The van der Waals surface area contributed by atoms with Crippen LogP contribution in [0.15, 0.2) is 334 Å². The lowest BCUT2D eigenvalue weighted by atomic mass is 9.83. The van der Waals surface area contributed by atoms with E-state index < -0.39 is 16.8 Å². The van der Waals surface area contributed by atoms with Gasteiger partial charge in [-0.3, -0.25) is 0 Å². The maximum atomic E-state index is 7.40. The molecule has 0 N–H and O–H groups in total. The molecule has 5 nitrogen and oxygen atoms in total. The molecule has 652 valence electrons. The summed E-state index contributed by atoms with van der Waals surface area (Å²) in [5.74, 6) is 3.61. The molecule has 0 fully saturated rings.